The molecule has 6 heteroatoms. The van der Waals surface area contributed by atoms with E-state index in [-0.39, 0.29) is 24.9 Å². The van der Waals surface area contributed by atoms with Gasteiger partial charge in [-0.05, 0) is 25.7 Å². The second kappa shape index (κ2) is 49.9. The van der Waals surface area contributed by atoms with Crippen molar-refractivity contribution in [2.45, 2.75) is 334 Å². The molecule has 0 saturated carbocycles. The molecule has 0 radical (unpaired) electrons. The molecule has 0 aromatic heterocycles. The van der Waals surface area contributed by atoms with Gasteiger partial charge in [-0.1, -0.05) is 278 Å². The van der Waals surface area contributed by atoms with Crippen LogP contribution in [0.3, 0.4) is 0 Å². The molecule has 0 fully saturated rings. The number of aliphatic hydroxyl groups excluding tert-OH is 2. The highest BCUT2D eigenvalue weighted by Crippen LogP contribution is 2.19. The first kappa shape index (κ1) is 59.9. The Bertz CT molecular complexity index is 882. The van der Waals surface area contributed by atoms with E-state index in [1.807, 2.05) is 0 Å². The molecule has 0 aliphatic heterocycles. The van der Waals surface area contributed by atoms with Crippen LogP contribution in [0.25, 0.3) is 0 Å². The number of ether oxygens (including phenoxy) is 1. The molecule has 0 bridgehead atoms. The molecule has 1 amide bonds. The third-order valence-corrected chi connectivity index (χ3v) is 13.2. The van der Waals surface area contributed by atoms with Gasteiger partial charge in [0, 0.05) is 6.42 Å². The predicted molar refractivity (Wildman–Crippen MR) is 264 cm³/mol. The number of hydrogen-bond donors (Lipinski definition) is 3. The molecular weight excluding hydrogens is 755 g/mol. The molecule has 0 aromatic rings. The first-order valence-corrected chi connectivity index (χ1v) is 27.8. The molecule has 0 spiro atoms. The van der Waals surface area contributed by atoms with Gasteiger partial charge in [-0.3, -0.25) is 9.59 Å². The smallest absolute Gasteiger partial charge is 0.306 e. The van der Waals surface area contributed by atoms with Crippen LogP contribution < -0.4 is 5.32 Å². The molecule has 61 heavy (non-hydrogen) atoms. The fraction of sp³-hybridized carbons (Fsp3) is 0.964. The minimum absolute atomic E-state index is 0.0863. The lowest BCUT2D eigenvalue weighted by Crippen LogP contribution is -2.46. The second-order valence-electron chi connectivity index (χ2n) is 19.4. The lowest BCUT2D eigenvalue weighted by atomic mass is 10.0. The van der Waals surface area contributed by atoms with Crippen LogP contribution in [0.5, 0.6) is 0 Å². The highest BCUT2D eigenvalue weighted by atomic mass is 16.5. The average Bonchev–Trinajstić information content (AvgIpc) is 3.25. The van der Waals surface area contributed by atoms with Crippen molar-refractivity contribution in [2.75, 3.05) is 6.61 Å². The summed E-state index contributed by atoms with van der Waals surface area (Å²) in [7, 11) is 0. The molecule has 6 nitrogen and oxygen atoms in total. The van der Waals surface area contributed by atoms with Crippen molar-refractivity contribution >= 4 is 11.9 Å². The first-order chi connectivity index (χ1) is 30.0. The zero-order chi connectivity index (χ0) is 44.5. The summed E-state index contributed by atoms with van der Waals surface area (Å²) in [5.41, 5.74) is 0. The summed E-state index contributed by atoms with van der Waals surface area (Å²) in [5, 5.41) is 23.8. The Morgan fingerprint density at radius 3 is 1.00 bits per heavy atom. The van der Waals surface area contributed by atoms with Crippen molar-refractivity contribution in [2.24, 2.45) is 0 Å². The number of amides is 1. The van der Waals surface area contributed by atoms with Crippen LogP contribution in [0.1, 0.15) is 316 Å². The van der Waals surface area contributed by atoms with Gasteiger partial charge in [0.25, 0.3) is 0 Å². The van der Waals surface area contributed by atoms with Crippen LogP contribution >= 0.6 is 0 Å². The summed E-state index contributed by atoms with van der Waals surface area (Å²) in [6.07, 6.45) is 54.7. The molecular formula is C55H109NO5. The molecule has 3 unspecified atom stereocenters. The number of unbranched alkanes of at least 4 members (excludes halogenated alkanes) is 39. The molecule has 0 aliphatic carbocycles. The van der Waals surface area contributed by atoms with Gasteiger partial charge in [0.1, 0.15) is 6.10 Å². The zero-order valence-corrected chi connectivity index (χ0v) is 41.6. The number of aliphatic hydroxyl groups is 2. The van der Waals surface area contributed by atoms with Gasteiger partial charge in [-0.2, -0.15) is 0 Å². The van der Waals surface area contributed by atoms with E-state index < -0.39 is 18.2 Å². The number of nitrogens with one attached hydrogen (secondary N) is 1. The average molecular weight is 864 g/mol. The van der Waals surface area contributed by atoms with Crippen molar-refractivity contribution in [1.29, 1.82) is 0 Å². The summed E-state index contributed by atoms with van der Waals surface area (Å²) in [6.45, 7) is 6.50. The number of hydrogen-bond acceptors (Lipinski definition) is 5. The number of esters is 1. The van der Waals surface area contributed by atoms with Crippen molar-refractivity contribution in [3.8, 4) is 0 Å². The van der Waals surface area contributed by atoms with Crippen molar-refractivity contribution in [1.82, 2.24) is 5.32 Å². The Morgan fingerprint density at radius 2 is 0.689 bits per heavy atom. The molecule has 3 N–H and O–H groups in total. The predicted octanol–water partition coefficient (Wildman–Crippen LogP) is 16.7. The van der Waals surface area contributed by atoms with Crippen molar-refractivity contribution in [3.05, 3.63) is 0 Å². The molecule has 3 atom stereocenters. The van der Waals surface area contributed by atoms with E-state index >= 15 is 0 Å². The number of rotatable bonds is 51. The van der Waals surface area contributed by atoms with Crippen LogP contribution in [0.2, 0.25) is 0 Å². The maximum atomic E-state index is 13.2. The van der Waals surface area contributed by atoms with Gasteiger partial charge in [0.2, 0.25) is 5.91 Å². The van der Waals surface area contributed by atoms with E-state index in [0.29, 0.717) is 19.3 Å². The third-order valence-electron chi connectivity index (χ3n) is 13.2. The minimum atomic E-state index is -0.779. The fourth-order valence-corrected chi connectivity index (χ4v) is 8.96. The SMILES string of the molecule is CCCCCCCCCCCCCCCCCCCCCC(=O)OC(CCCCCCCCC)CC(=O)NC(CO)C(O)CCCCCCCCCCCCCCCCCC. The van der Waals surface area contributed by atoms with E-state index in [1.54, 1.807) is 0 Å². The lowest BCUT2D eigenvalue weighted by Gasteiger charge is -2.24. The van der Waals surface area contributed by atoms with Gasteiger partial charge in [0.05, 0.1) is 25.2 Å². The molecule has 0 aliphatic rings. The molecule has 0 rings (SSSR count). The topological polar surface area (TPSA) is 95.9 Å². The van der Waals surface area contributed by atoms with Crippen LogP contribution in [0, 0.1) is 0 Å². The van der Waals surface area contributed by atoms with Gasteiger partial charge in [-0.15, -0.1) is 0 Å². The molecule has 364 valence electrons. The lowest BCUT2D eigenvalue weighted by molar-refractivity contribution is -0.151. The maximum Gasteiger partial charge on any atom is 0.306 e. The van der Waals surface area contributed by atoms with Crippen LogP contribution in [-0.2, 0) is 14.3 Å². The standard InChI is InChI=1S/C55H109NO5/c1-4-7-10-13-16-18-20-22-24-26-27-28-30-32-34-36-39-42-45-48-55(60)61-51(46-43-40-37-15-12-9-6-3)49-54(59)56-52(50-57)53(58)47-44-41-38-35-33-31-29-25-23-21-19-17-14-11-8-5-2/h51-53,57-58H,4-50H2,1-3H3,(H,56,59). The minimum Gasteiger partial charge on any atom is -0.462 e. The van der Waals surface area contributed by atoms with Crippen LogP contribution in [0.4, 0.5) is 0 Å². The maximum absolute atomic E-state index is 13.2. The number of carbonyl (C=O) groups is 2. The van der Waals surface area contributed by atoms with E-state index in [1.165, 1.54) is 231 Å². The zero-order valence-electron chi connectivity index (χ0n) is 41.6. The van der Waals surface area contributed by atoms with Crippen LogP contribution in [0.15, 0.2) is 0 Å². The molecule has 0 aromatic carbocycles. The Balaban J connectivity index is 4.23. The largest absolute Gasteiger partial charge is 0.462 e. The van der Waals surface area contributed by atoms with Gasteiger partial charge in [0.15, 0.2) is 0 Å². The second-order valence-corrected chi connectivity index (χ2v) is 19.4. The number of carbonyl (C=O) groups excluding carboxylic acids is 2. The quantitative estimate of drug-likeness (QED) is 0.0418. The monoisotopic (exact) mass is 864 g/mol. The van der Waals surface area contributed by atoms with E-state index in [2.05, 4.69) is 26.1 Å². The van der Waals surface area contributed by atoms with Crippen LogP contribution in [-0.4, -0.2) is 46.9 Å². The van der Waals surface area contributed by atoms with Crippen molar-refractivity contribution in [3.63, 3.8) is 0 Å². The summed E-state index contributed by atoms with van der Waals surface area (Å²) in [4.78, 5) is 26.1. The van der Waals surface area contributed by atoms with Gasteiger partial charge < -0.3 is 20.3 Å². The highest BCUT2D eigenvalue weighted by Gasteiger charge is 2.24. The van der Waals surface area contributed by atoms with Gasteiger partial charge >= 0.3 is 5.97 Å². The fourth-order valence-electron chi connectivity index (χ4n) is 8.96. The van der Waals surface area contributed by atoms with E-state index in [0.717, 1.165) is 38.5 Å². The Hall–Kier alpha value is -1.14. The summed E-state index contributed by atoms with van der Waals surface area (Å²) in [6, 6.07) is -0.691. The van der Waals surface area contributed by atoms with Gasteiger partial charge in [-0.25, -0.2) is 0 Å². The highest BCUT2D eigenvalue weighted by molar-refractivity contribution is 5.77. The van der Waals surface area contributed by atoms with E-state index in [9.17, 15) is 19.8 Å². The molecule has 0 heterocycles. The third kappa shape index (κ3) is 45.2. The Morgan fingerprint density at radius 1 is 0.410 bits per heavy atom. The Kier molecular flexibility index (Phi) is 48.9. The normalized spacial score (nSPS) is 13.1. The first-order valence-electron chi connectivity index (χ1n) is 27.8. The molecule has 0 saturated heterocycles. The van der Waals surface area contributed by atoms with E-state index in [4.69, 9.17) is 4.74 Å². The summed E-state index contributed by atoms with van der Waals surface area (Å²) < 4.78 is 5.92. The van der Waals surface area contributed by atoms with Crippen molar-refractivity contribution < 1.29 is 24.5 Å². The summed E-state index contributed by atoms with van der Waals surface area (Å²) in [5.74, 6) is -0.454. The summed E-state index contributed by atoms with van der Waals surface area (Å²) >= 11 is 0. The Labute approximate surface area is 381 Å².